The highest BCUT2D eigenvalue weighted by Gasteiger charge is 2.28. The zero-order valence-electron chi connectivity index (χ0n) is 17.6. The Balaban J connectivity index is 1.18. The minimum atomic E-state index is -1.08. The number of carbonyl (C=O) groups is 2. The monoisotopic (exact) mass is 439 g/mol. The molecule has 7 nitrogen and oxygen atoms in total. The Bertz CT molecular complexity index is 1340. The van der Waals surface area contributed by atoms with Gasteiger partial charge in [0.05, 0.1) is 5.52 Å². The number of hydrogen-bond acceptors (Lipinski definition) is 4. The molecule has 0 saturated carbocycles. The molecule has 1 aliphatic rings. The lowest BCUT2D eigenvalue weighted by Crippen LogP contribution is -2.26. The van der Waals surface area contributed by atoms with E-state index in [0.717, 1.165) is 5.56 Å². The zero-order valence-corrected chi connectivity index (χ0v) is 17.6. The van der Waals surface area contributed by atoms with Crippen molar-refractivity contribution >= 4 is 29.0 Å². The van der Waals surface area contributed by atoms with Gasteiger partial charge in [0.1, 0.15) is 6.61 Å². The predicted octanol–water partition coefficient (Wildman–Crippen LogP) is 4.81. The summed E-state index contributed by atoms with van der Waals surface area (Å²) in [5.41, 5.74) is 6.15. The maximum atomic E-state index is 12.2. The van der Waals surface area contributed by atoms with E-state index in [4.69, 9.17) is 4.74 Å². The fourth-order valence-electron chi connectivity index (χ4n) is 4.29. The largest absolute Gasteiger partial charge is 0.476 e. The molecule has 3 aromatic carbocycles. The Morgan fingerprint density at radius 2 is 1.73 bits per heavy atom. The zero-order chi connectivity index (χ0) is 22.8. The molecule has 7 heteroatoms. The molecule has 1 aromatic heterocycles. The summed E-state index contributed by atoms with van der Waals surface area (Å²) in [5.74, 6) is -1.07. The highest BCUT2D eigenvalue weighted by atomic mass is 16.5. The van der Waals surface area contributed by atoms with E-state index in [1.807, 2.05) is 36.4 Å². The van der Waals surface area contributed by atoms with Crippen LogP contribution in [0, 0.1) is 0 Å². The summed E-state index contributed by atoms with van der Waals surface area (Å²) in [6, 6.07) is 21.8. The van der Waals surface area contributed by atoms with Crippen LogP contribution >= 0.6 is 0 Å². The van der Waals surface area contributed by atoms with Crippen LogP contribution < -0.4 is 5.32 Å². The number of carboxylic acids is 1. The number of nitrogens with one attached hydrogen (secondary N) is 2. The molecule has 0 radical (unpaired) electrons. The molecule has 0 fully saturated rings. The number of fused-ring (bicyclic) bond motifs is 4. The number of alkyl carbamates (subject to hydrolysis) is 1. The lowest BCUT2D eigenvalue weighted by atomic mass is 9.98. The maximum absolute atomic E-state index is 12.2. The number of ether oxygens (including phenoxy) is 1. The first-order valence-corrected chi connectivity index (χ1v) is 10.6. The van der Waals surface area contributed by atoms with Crippen LogP contribution in [0.1, 0.15) is 33.1 Å². The van der Waals surface area contributed by atoms with Gasteiger partial charge in [0, 0.05) is 17.8 Å². The lowest BCUT2D eigenvalue weighted by Gasteiger charge is -2.14. The van der Waals surface area contributed by atoms with Crippen LogP contribution in [0.4, 0.5) is 4.79 Å². The van der Waals surface area contributed by atoms with Crippen molar-refractivity contribution in [2.24, 2.45) is 0 Å². The number of nitrogens with zero attached hydrogens (tertiary/aromatic N) is 1. The van der Waals surface area contributed by atoms with Gasteiger partial charge >= 0.3 is 12.1 Å². The molecule has 4 aromatic rings. The minimum Gasteiger partial charge on any atom is -0.476 e. The SMILES string of the molecule is O=C(NCC=Cc1ccc2[nH]nc(C(=O)O)c2c1)OCC1c2ccccc2-c2ccccc21. The number of amides is 1. The number of carbonyl (C=O) groups excluding carboxylic acids is 1. The first-order valence-electron chi connectivity index (χ1n) is 10.6. The summed E-state index contributed by atoms with van der Waals surface area (Å²) in [5, 5.41) is 19.0. The second kappa shape index (κ2) is 8.63. The maximum Gasteiger partial charge on any atom is 0.407 e. The number of aromatic nitrogens is 2. The molecule has 3 N–H and O–H groups in total. The van der Waals surface area contributed by atoms with Gasteiger partial charge in [-0.25, -0.2) is 9.59 Å². The van der Waals surface area contributed by atoms with Gasteiger partial charge in [0.2, 0.25) is 0 Å². The quantitative estimate of drug-likeness (QED) is 0.400. The van der Waals surface area contributed by atoms with Crippen molar-refractivity contribution in [3.63, 3.8) is 0 Å². The number of rotatable bonds is 6. The molecule has 0 spiro atoms. The Kier molecular flexibility index (Phi) is 5.36. The van der Waals surface area contributed by atoms with Crippen molar-refractivity contribution < 1.29 is 19.4 Å². The van der Waals surface area contributed by atoms with Gasteiger partial charge in [-0.2, -0.15) is 5.10 Å². The van der Waals surface area contributed by atoms with Crippen LogP contribution in [0.15, 0.2) is 72.8 Å². The molecule has 164 valence electrons. The molecule has 33 heavy (non-hydrogen) atoms. The van der Waals surface area contributed by atoms with E-state index in [1.54, 1.807) is 18.2 Å². The Hall–Kier alpha value is -4.39. The van der Waals surface area contributed by atoms with Crippen LogP contribution in [0.2, 0.25) is 0 Å². The van der Waals surface area contributed by atoms with E-state index < -0.39 is 12.1 Å². The van der Waals surface area contributed by atoms with Gasteiger partial charge in [-0.1, -0.05) is 66.7 Å². The Morgan fingerprint density at radius 3 is 2.42 bits per heavy atom. The normalized spacial score (nSPS) is 12.6. The number of aromatic amines is 1. The number of H-pyrrole nitrogens is 1. The molecule has 0 unspecified atom stereocenters. The molecule has 1 heterocycles. The van der Waals surface area contributed by atoms with E-state index in [9.17, 15) is 14.7 Å². The Morgan fingerprint density at radius 1 is 1.03 bits per heavy atom. The lowest BCUT2D eigenvalue weighted by molar-refractivity contribution is 0.0692. The second-order valence-electron chi connectivity index (χ2n) is 7.79. The van der Waals surface area contributed by atoms with Gasteiger partial charge in [-0.05, 0) is 39.9 Å². The molecule has 0 aliphatic heterocycles. The molecule has 1 amide bonds. The fourth-order valence-corrected chi connectivity index (χ4v) is 4.29. The van der Waals surface area contributed by atoms with Crippen LogP contribution in [-0.4, -0.2) is 40.5 Å². The van der Waals surface area contributed by atoms with Crippen molar-refractivity contribution in [2.75, 3.05) is 13.2 Å². The summed E-state index contributed by atoms with van der Waals surface area (Å²) in [4.78, 5) is 23.5. The number of aromatic carboxylic acids is 1. The standard InChI is InChI=1S/C26H21N3O4/c30-25(31)24-21-14-16(11-12-23(21)28-29-24)6-5-13-27-26(32)33-15-22-19-9-3-1-7-17(19)18-8-2-4-10-20(18)22/h1-12,14,22H,13,15H2,(H,27,32)(H,28,29)(H,30,31). The van der Waals surface area contributed by atoms with Gasteiger partial charge in [-0.15, -0.1) is 0 Å². The third-order valence-electron chi connectivity index (χ3n) is 5.81. The van der Waals surface area contributed by atoms with Crippen LogP contribution in [-0.2, 0) is 4.74 Å². The average molecular weight is 439 g/mol. The van der Waals surface area contributed by atoms with Crippen molar-refractivity contribution in [1.82, 2.24) is 15.5 Å². The van der Waals surface area contributed by atoms with Crippen molar-refractivity contribution in [1.29, 1.82) is 0 Å². The highest BCUT2D eigenvalue weighted by Crippen LogP contribution is 2.44. The smallest absolute Gasteiger partial charge is 0.407 e. The topological polar surface area (TPSA) is 104 Å². The second-order valence-corrected chi connectivity index (χ2v) is 7.79. The molecule has 0 bridgehead atoms. The van der Waals surface area contributed by atoms with Crippen LogP contribution in [0.25, 0.3) is 28.1 Å². The summed E-state index contributed by atoms with van der Waals surface area (Å²) >= 11 is 0. The molecular formula is C26H21N3O4. The molecule has 1 aliphatic carbocycles. The first kappa shape index (κ1) is 20.5. The van der Waals surface area contributed by atoms with E-state index >= 15 is 0 Å². The van der Waals surface area contributed by atoms with E-state index in [2.05, 4.69) is 39.8 Å². The minimum absolute atomic E-state index is 0.0167. The number of benzene rings is 3. The summed E-state index contributed by atoms with van der Waals surface area (Å²) in [7, 11) is 0. The van der Waals surface area contributed by atoms with Gasteiger partial charge in [-0.3, -0.25) is 5.10 Å². The molecule has 0 atom stereocenters. The van der Waals surface area contributed by atoms with E-state index in [-0.39, 0.29) is 24.8 Å². The fraction of sp³-hybridized carbons (Fsp3) is 0.115. The van der Waals surface area contributed by atoms with Gasteiger partial charge in [0.25, 0.3) is 0 Å². The number of hydrogen-bond donors (Lipinski definition) is 3. The highest BCUT2D eigenvalue weighted by molar-refractivity contribution is 6.01. The third-order valence-corrected chi connectivity index (χ3v) is 5.81. The van der Waals surface area contributed by atoms with Crippen molar-refractivity contribution in [3.05, 3.63) is 95.2 Å². The molecule has 5 rings (SSSR count). The average Bonchev–Trinajstić information content (AvgIpc) is 3.40. The summed E-state index contributed by atoms with van der Waals surface area (Å²) < 4.78 is 5.52. The predicted molar refractivity (Wildman–Crippen MR) is 125 cm³/mol. The van der Waals surface area contributed by atoms with Gasteiger partial charge < -0.3 is 15.2 Å². The van der Waals surface area contributed by atoms with Crippen molar-refractivity contribution in [3.8, 4) is 11.1 Å². The van der Waals surface area contributed by atoms with Crippen molar-refractivity contribution in [2.45, 2.75) is 5.92 Å². The van der Waals surface area contributed by atoms with E-state index in [0.29, 0.717) is 10.9 Å². The van der Waals surface area contributed by atoms with Crippen LogP contribution in [0.3, 0.4) is 0 Å². The van der Waals surface area contributed by atoms with Crippen LogP contribution in [0.5, 0.6) is 0 Å². The summed E-state index contributed by atoms with van der Waals surface area (Å²) in [6.45, 7) is 0.546. The number of carboxylic acid groups (broad SMARTS) is 1. The molecular weight excluding hydrogens is 418 g/mol. The first-order chi connectivity index (χ1) is 16.1. The third kappa shape index (κ3) is 3.96. The molecule has 0 saturated heterocycles. The summed E-state index contributed by atoms with van der Waals surface area (Å²) in [6.07, 6.45) is 3.10. The van der Waals surface area contributed by atoms with E-state index in [1.165, 1.54) is 22.3 Å². The Labute approximate surface area is 189 Å². The van der Waals surface area contributed by atoms with Gasteiger partial charge in [0.15, 0.2) is 5.69 Å².